The molecule has 0 aliphatic carbocycles. The molecule has 0 aliphatic rings. The van der Waals surface area contributed by atoms with E-state index in [0.717, 1.165) is 34.7 Å². The van der Waals surface area contributed by atoms with Crippen molar-refractivity contribution in [2.24, 2.45) is 4.99 Å². The molecule has 0 fully saturated rings. The van der Waals surface area contributed by atoms with Gasteiger partial charge in [0.05, 0.1) is 19.3 Å². The molecule has 0 aliphatic heterocycles. The van der Waals surface area contributed by atoms with E-state index in [9.17, 15) is 4.79 Å². The van der Waals surface area contributed by atoms with Gasteiger partial charge in [0.1, 0.15) is 0 Å². The molecule has 0 heterocycles. The summed E-state index contributed by atoms with van der Waals surface area (Å²) in [6.45, 7) is 9.77. The number of halogens is 1. The number of aliphatic imine (C=N–C) groups is 1. The second-order valence-corrected chi connectivity index (χ2v) is 7.36. The zero-order chi connectivity index (χ0) is 23.3. The van der Waals surface area contributed by atoms with Gasteiger partial charge in [-0.3, -0.25) is 9.79 Å². The van der Waals surface area contributed by atoms with E-state index >= 15 is 0 Å². The highest BCUT2D eigenvalue weighted by molar-refractivity contribution is 14.0. The fraction of sp³-hybridized carbons (Fsp3) is 0.440. The van der Waals surface area contributed by atoms with Crippen LogP contribution in [0.1, 0.15) is 57.7 Å². The summed E-state index contributed by atoms with van der Waals surface area (Å²) in [7, 11) is 1.75. The lowest BCUT2D eigenvalue weighted by molar-refractivity contribution is -0.116. The van der Waals surface area contributed by atoms with Crippen molar-refractivity contribution < 1.29 is 14.3 Å². The van der Waals surface area contributed by atoms with Gasteiger partial charge in [0.15, 0.2) is 17.5 Å². The number of nitrogens with one attached hydrogen (secondary N) is 3. The van der Waals surface area contributed by atoms with E-state index in [0.29, 0.717) is 32.1 Å². The number of anilines is 1. The topological polar surface area (TPSA) is 84.0 Å². The van der Waals surface area contributed by atoms with E-state index in [2.05, 4.69) is 27.9 Å². The SMILES string of the molecule is CCCC(=O)Nc1ccc(CNC(=NC)NC(C)c2ccc(OCC)c(OCC)c2)cc1.I. The van der Waals surface area contributed by atoms with Crippen molar-refractivity contribution in [1.82, 2.24) is 10.6 Å². The Morgan fingerprint density at radius 2 is 1.67 bits per heavy atom. The molecule has 0 spiro atoms. The van der Waals surface area contributed by atoms with E-state index in [4.69, 9.17) is 9.47 Å². The van der Waals surface area contributed by atoms with Gasteiger partial charge in [-0.05, 0) is 62.6 Å². The lowest BCUT2D eigenvalue weighted by atomic mass is 10.1. The second kappa shape index (κ2) is 15.4. The Labute approximate surface area is 214 Å². The molecule has 2 aromatic rings. The minimum Gasteiger partial charge on any atom is -0.490 e. The molecule has 2 aromatic carbocycles. The molecule has 2 rings (SSSR count). The third-order valence-corrected chi connectivity index (χ3v) is 4.82. The van der Waals surface area contributed by atoms with E-state index in [1.165, 1.54) is 0 Å². The summed E-state index contributed by atoms with van der Waals surface area (Å²) in [5.74, 6) is 2.24. The average molecular weight is 569 g/mol. The van der Waals surface area contributed by atoms with Gasteiger partial charge in [0, 0.05) is 25.7 Å². The molecule has 1 atom stereocenters. The maximum atomic E-state index is 11.7. The molecule has 1 amide bonds. The van der Waals surface area contributed by atoms with Crippen molar-refractivity contribution in [1.29, 1.82) is 0 Å². The third kappa shape index (κ3) is 9.49. The molecular formula is C25H37IN4O3. The highest BCUT2D eigenvalue weighted by atomic mass is 127. The molecule has 8 heteroatoms. The fourth-order valence-corrected chi connectivity index (χ4v) is 3.16. The van der Waals surface area contributed by atoms with Gasteiger partial charge < -0.3 is 25.4 Å². The van der Waals surface area contributed by atoms with Crippen molar-refractivity contribution in [2.75, 3.05) is 25.6 Å². The first kappa shape index (κ1) is 28.5. The Kier molecular flexibility index (Phi) is 13.3. The van der Waals surface area contributed by atoms with E-state index < -0.39 is 0 Å². The Balaban J connectivity index is 0.00000544. The number of hydrogen-bond donors (Lipinski definition) is 3. The minimum atomic E-state index is 0. The Morgan fingerprint density at radius 3 is 2.27 bits per heavy atom. The van der Waals surface area contributed by atoms with E-state index in [1.807, 2.05) is 63.2 Å². The van der Waals surface area contributed by atoms with Gasteiger partial charge in [0.25, 0.3) is 0 Å². The van der Waals surface area contributed by atoms with Crippen LogP contribution in [0.4, 0.5) is 5.69 Å². The van der Waals surface area contributed by atoms with Crippen LogP contribution < -0.4 is 25.4 Å². The van der Waals surface area contributed by atoms with Crippen LogP contribution in [0.2, 0.25) is 0 Å². The normalized spacial score (nSPS) is 11.7. The summed E-state index contributed by atoms with van der Waals surface area (Å²) in [6.07, 6.45) is 1.37. The maximum Gasteiger partial charge on any atom is 0.224 e. The smallest absolute Gasteiger partial charge is 0.224 e. The second-order valence-electron chi connectivity index (χ2n) is 7.36. The zero-order valence-electron chi connectivity index (χ0n) is 20.2. The van der Waals surface area contributed by atoms with Crippen LogP contribution in [-0.4, -0.2) is 32.1 Å². The van der Waals surface area contributed by atoms with Crippen LogP contribution in [0, 0.1) is 0 Å². The van der Waals surface area contributed by atoms with Crippen molar-refractivity contribution in [3.05, 3.63) is 53.6 Å². The van der Waals surface area contributed by atoms with Crippen LogP contribution in [0.3, 0.4) is 0 Å². The molecule has 3 N–H and O–H groups in total. The Morgan fingerprint density at radius 1 is 1.00 bits per heavy atom. The van der Waals surface area contributed by atoms with Gasteiger partial charge in [-0.25, -0.2) is 0 Å². The largest absolute Gasteiger partial charge is 0.490 e. The summed E-state index contributed by atoms with van der Waals surface area (Å²) in [6, 6.07) is 13.8. The monoisotopic (exact) mass is 568 g/mol. The van der Waals surface area contributed by atoms with Crippen LogP contribution in [0.15, 0.2) is 47.5 Å². The molecule has 0 saturated heterocycles. The van der Waals surface area contributed by atoms with Crippen LogP contribution in [-0.2, 0) is 11.3 Å². The third-order valence-electron chi connectivity index (χ3n) is 4.82. The number of rotatable bonds is 11. The fourth-order valence-electron chi connectivity index (χ4n) is 3.16. The summed E-state index contributed by atoms with van der Waals surface area (Å²) in [5.41, 5.74) is 2.98. The first-order chi connectivity index (χ1) is 15.5. The molecule has 0 bridgehead atoms. The van der Waals surface area contributed by atoms with Gasteiger partial charge in [0.2, 0.25) is 5.91 Å². The van der Waals surface area contributed by atoms with Gasteiger partial charge in [-0.15, -0.1) is 24.0 Å². The predicted molar refractivity (Wildman–Crippen MR) is 146 cm³/mol. The van der Waals surface area contributed by atoms with Gasteiger partial charge >= 0.3 is 0 Å². The average Bonchev–Trinajstić information content (AvgIpc) is 2.79. The summed E-state index contributed by atoms with van der Waals surface area (Å²) >= 11 is 0. The van der Waals surface area contributed by atoms with Crippen molar-refractivity contribution in [3.63, 3.8) is 0 Å². The molecule has 0 radical (unpaired) electrons. The number of benzene rings is 2. The quantitative estimate of drug-likeness (QED) is 0.196. The zero-order valence-corrected chi connectivity index (χ0v) is 22.6. The van der Waals surface area contributed by atoms with E-state index in [1.54, 1.807) is 7.05 Å². The first-order valence-corrected chi connectivity index (χ1v) is 11.3. The molecule has 1 unspecified atom stereocenters. The lowest BCUT2D eigenvalue weighted by Gasteiger charge is -2.20. The maximum absolute atomic E-state index is 11.7. The molecule has 0 saturated carbocycles. The molecule has 33 heavy (non-hydrogen) atoms. The lowest BCUT2D eigenvalue weighted by Crippen LogP contribution is -2.38. The van der Waals surface area contributed by atoms with Crippen molar-refractivity contribution >= 4 is 41.5 Å². The Hall–Kier alpha value is -2.49. The number of amides is 1. The number of hydrogen-bond acceptors (Lipinski definition) is 4. The first-order valence-electron chi connectivity index (χ1n) is 11.3. The van der Waals surface area contributed by atoms with Crippen LogP contribution >= 0.6 is 24.0 Å². The number of carbonyl (C=O) groups excluding carboxylic acids is 1. The van der Waals surface area contributed by atoms with Crippen LogP contribution in [0.5, 0.6) is 11.5 Å². The molecule has 0 aromatic heterocycles. The Bertz CT molecular complexity index is 888. The van der Waals surface area contributed by atoms with Crippen molar-refractivity contribution in [3.8, 4) is 11.5 Å². The van der Waals surface area contributed by atoms with Gasteiger partial charge in [-0.1, -0.05) is 25.1 Å². The highest BCUT2D eigenvalue weighted by Gasteiger charge is 2.12. The molecule has 7 nitrogen and oxygen atoms in total. The number of ether oxygens (including phenoxy) is 2. The highest BCUT2D eigenvalue weighted by Crippen LogP contribution is 2.30. The van der Waals surface area contributed by atoms with E-state index in [-0.39, 0.29) is 35.9 Å². The van der Waals surface area contributed by atoms with Gasteiger partial charge in [-0.2, -0.15) is 0 Å². The summed E-state index contributed by atoms with van der Waals surface area (Å²) in [5, 5.41) is 9.65. The standard InChI is InChI=1S/C25H36N4O3.HI/c1-6-9-24(30)29-21-13-10-19(11-14-21)17-27-25(26-5)28-18(4)20-12-15-22(31-7-2)23(16-20)32-8-3;/h10-16,18H,6-9,17H2,1-5H3,(H,29,30)(H2,26,27,28);1H. The summed E-state index contributed by atoms with van der Waals surface area (Å²) < 4.78 is 11.4. The van der Waals surface area contributed by atoms with Crippen LogP contribution in [0.25, 0.3) is 0 Å². The molecular weight excluding hydrogens is 531 g/mol. The number of carbonyl (C=O) groups is 1. The summed E-state index contributed by atoms with van der Waals surface area (Å²) in [4.78, 5) is 16.1. The minimum absolute atomic E-state index is 0. The predicted octanol–water partition coefficient (Wildman–Crippen LogP) is 5.27. The number of nitrogens with zero attached hydrogens (tertiary/aromatic N) is 1. The number of guanidine groups is 1. The molecule has 182 valence electrons. The van der Waals surface area contributed by atoms with Crippen molar-refractivity contribution in [2.45, 2.75) is 53.1 Å².